The molecule has 0 saturated carbocycles. The molecule has 0 fully saturated rings. The zero-order valence-corrected chi connectivity index (χ0v) is 12.5. The molecular weight excluding hydrogens is 224 g/mol. The third kappa shape index (κ3) is 4.77. The lowest BCUT2D eigenvalue weighted by atomic mass is 9.94. The van der Waals surface area contributed by atoms with Gasteiger partial charge in [-0.3, -0.25) is 4.68 Å². The topological polar surface area (TPSA) is 56.7 Å². The Morgan fingerprint density at radius 1 is 1.11 bits per heavy atom. The van der Waals surface area contributed by atoms with Gasteiger partial charge in [-0.25, -0.2) is 4.98 Å². The summed E-state index contributed by atoms with van der Waals surface area (Å²) in [6, 6.07) is 0. The van der Waals surface area contributed by atoms with Crippen molar-refractivity contribution in [2.24, 2.45) is 30.5 Å². The lowest BCUT2D eigenvalue weighted by Gasteiger charge is -2.16. The molecule has 1 heterocycles. The molecule has 1 rings (SSSR count). The van der Waals surface area contributed by atoms with Crippen LogP contribution in [0.4, 0.5) is 0 Å². The summed E-state index contributed by atoms with van der Waals surface area (Å²) in [6.07, 6.45) is 3.05. The highest BCUT2D eigenvalue weighted by Gasteiger charge is 2.15. The van der Waals surface area contributed by atoms with Crippen LogP contribution in [0.5, 0.6) is 0 Å². The molecule has 0 bridgehead atoms. The molecule has 0 amide bonds. The third-order valence-corrected chi connectivity index (χ3v) is 3.10. The summed E-state index contributed by atoms with van der Waals surface area (Å²) in [6.45, 7) is 9.59. The minimum atomic E-state index is 0.514. The van der Waals surface area contributed by atoms with Crippen LogP contribution in [0.1, 0.15) is 45.8 Å². The standard InChI is InChI=1S/C14H28N4/c1-10(2)6-12(9-15)8-14-16-13(7-11(3)4)17-18(14)5/h10-12H,6-9,15H2,1-5H3. The normalized spacial score (nSPS) is 13.6. The van der Waals surface area contributed by atoms with E-state index < -0.39 is 0 Å². The van der Waals surface area contributed by atoms with Crippen LogP contribution in [0.15, 0.2) is 0 Å². The van der Waals surface area contributed by atoms with E-state index in [4.69, 9.17) is 5.73 Å². The first kappa shape index (κ1) is 15.2. The van der Waals surface area contributed by atoms with E-state index >= 15 is 0 Å². The SMILES string of the molecule is CC(C)Cc1nc(CC(CN)CC(C)C)n(C)n1. The highest BCUT2D eigenvalue weighted by atomic mass is 15.3. The number of hydrogen-bond acceptors (Lipinski definition) is 3. The Hall–Kier alpha value is -0.900. The van der Waals surface area contributed by atoms with Gasteiger partial charge in [0.05, 0.1) is 0 Å². The quantitative estimate of drug-likeness (QED) is 0.809. The predicted octanol–water partition coefficient (Wildman–Crippen LogP) is 2.18. The van der Waals surface area contributed by atoms with Gasteiger partial charge in [-0.05, 0) is 30.7 Å². The van der Waals surface area contributed by atoms with Gasteiger partial charge in [-0.15, -0.1) is 0 Å². The molecular formula is C14H28N4. The summed E-state index contributed by atoms with van der Waals surface area (Å²) in [5.41, 5.74) is 5.85. The molecule has 4 heteroatoms. The lowest BCUT2D eigenvalue weighted by molar-refractivity contribution is 0.403. The molecule has 0 aliphatic heterocycles. The zero-order chi connectivity index (χ0) is 13.7. The number of aryl methyl sites for hydroxylation is 1. The maximum absolute atomic E-state index is 5.85. The van der Waals surface area contributed by atoms with Gasteiger partial charge in [0.1, 0.15) is 5.82 Å². The molecule has 1 atom stereocenters. The monoisotopic (exact) mass is 252 g/mol. The Balaban J connectivity index is 2.67. The van der Waals surface area contributed by atoms with Crippen LogP contribution in [-0.2, 0) is 19.9 Å². The van der Waals surface area contributed by atoms with Gasteiger partial charge < -0.3 is 5.73 Å². The average Bonchev–Trinajstić information content (AvgIpc) is 2.56. The van der Waals surface area contributed by atoms with Crippen molar-refractivity contribution in [1.29, 1.82) is 0 Å². The van der Waals surface area contributed by atoms with Gasteiger partial charge >= 0.3 is 0 Å². The highest BCUT2D eigenvalue weighted by Crippen LogP contribution is 2.15. The number of rotatable bonds is 7. The molecule has 0 radical (unpaired) electrons. The first-order chi connectivity index (χ1) is 8.42. The molecule has 0 spiro atoms. The van der Waals surface area contributed by atoms with Crippen molar-refractivity contribution in [2.75, 3.05) is 6.54 Å². The van der Waals surface area contributed by atoms with Crippen molar-refractivity contribution in [2.45, 2.75) is 47.0 Å². The smallest absolute Gasteiger partial charge is 0.151 e. The lowest BCUT2D eigenvalue weighted by Crippen LogP contribution is -2.20. The van der Waals surface area contributed by atoms with E-state index in [-0.39, 0.29) is 0 Å². The molecule has 1 aromatic heterocycles. The predicted molar refractivity (Wildman–Crippen MR) is 75.2 cm³/mol. The van der Waals surface area contributed by atoms with Crippen molar-refractivity contribution in [3.63, 3.8) is 0 Å². The van der Waals surface area contributed by atoms with Gasteiger partial charge in [-0.2, -0.15) is 5.10 Å². The van der Waals surface area contributed by atoms with Crippen LogP contribution in [-0.4, -0.2) is 21.3 Å². The third-order valence-electron chi connectivity index (χ3n) is 3.10. The van der Waals surface area contributed by atoms with Crippen LogP contribution in [0.2, 0.25) is 0 Å². The number of nitrogens with two attached hydrogens (primary N) is 1. The Bertz CT molecular complexity index is 355. The van der Waals surface area contributed by atoms with E-state index in [1.54, 1.807) is 0 Å². The maximum Gasteiger partial charge on any atom is 0.151 e. The second-order valence-corrected chi connectivity index (χ2v) is 6.10. The second kappa shape index (κ2) is 6.88. The minimum absolute atomic E-state index is 0.514. The van der Waals surface area contributed by atoms with Crippen LogP contribution in [0.25, 0.3) is 0 Å². The summed E-state index contributed by atoms with van der Waals surface area (Å²) >= 11 is 0. The average molecular weight is 252 g/mol. The fraction of sp³-hybridized carbons (Fsp3) is 0.857. The first-order valence-corrected chi connectivity index (χ1v) is 7.01. The van der Waals surface area contributed by atoms with E-state index in [2.05, 4.69) is 37.8 Å². The minimum Gasteiger partial charge on any atom is -0.330 e. The number of nitrogens with zero attached hydrogens (tertiary/aromatic N) is 3. The summed E-state index contributed by atoms with van der Waals surface area (Å²) in [7, 11) is 1.98. The molecule has 0 saturated heterocycles. The molecule has 18 heavy (non-hydrogen) atoms. The van der Waals surface area contributed by atoms with Gasteiger partial charge in [0.2, 0.25) is 0 Å². The molecule has 4 nitrogen and oxygen atoms in total. The molecule has 2 N–H and O–H groups in total. The second-order valence-electron chi connectivity index (χ2n) is 6.10. The van der Waals surface area contributed by atoms with E-state index in [1.807, 2.05) is 11.7 Å². The largest absolute Gasteiger partial charge is 0.330 e. The van der Waals surface area contributed by atoms with Crippen molar-refractivity contribution < 1.29 is 0 Å². The van der Waals surface area contributed by atoms with E-state index in [9.17, 15) is 0 Å². The fourth-order valence-corrected chi connectivity index (χ4v) is 2.29. The van der Waals surface area contributed by atoms with Crippen LogP contribution in [0, 0.1) is 17.8 Å². The van der Waals surface area contributed by atoms with Gasteiger partial charge in [0.15, 0.2) is 5.82 Å². The van der Waals surface area contributed by atoms with Crippen molar-refractivity contribution in [1.82, 2.24) is 14.8 Å². The summed E-state index contributed by atoms with van der Waals surface area (Å²) in [4.78, 5) is 4.64. The summed E-state index contributed by atoms with van der Waals surface area (Å²) in [5.74, 6) is 3.83. The zero-order valence-electron chi connectivity index (χ0n) is 12.5. The number of hydrogen-bond donors (Lipinski definition) is 1. The summed E-state index contributed by atoms with van der Waals surface area (Å²) in [5, 5.41) is 4.48. The van der Waals surface area contributed by atoms with E-state index in [0.717, 1.165) is 37.5 Å². The Morgan fingerprint density at radius 2 is 1.78 bits per heavy atom. The van der Waals surface area contributed by atoms with Crippen molar-refractivity contribution in [3.05, 3.63) is 11.6 Å². The van der Waals surface area contributed by atoms with Gasteiger partial charge in [0.25, 0.3) is 0 Å². The first-order valence-electron chi connectivity index (χ1n) is 7.01. The Kier molecular flexibility index (Phi) is 5.79. The van der Waals surface area contributed by atoms with Crippen molar-refractivity contribution in [3.8, 4) is 0 Å². The molecule has 104 valence electrons. The van der Waals surface area contributed by atoms with Crippen LogP contribution < -0.4 is 5.73 Å². The van der Waals surface area contributed by atoms with Gasteiger partial charge in [-0.1, -0.05) is 27.7 Å². The molecule has 0 aromatic carbocycles. The Morgan fingerprint density at radius 3 is 2.28 bits per heavy atom. The highest BCUT2D eigenvalue weighted by molar-refractivity contribution is 4.95. The van der Waals surface area contributed by atoms with Crippen molar-refractivity contribution >= 4 is 0 Å². The molecule has 0 aliphatic carbocycles. The molecule has 1 aromatic rings. The molecule has 1 unspecified atom stereocenters. The van der Waals surface area contributed by atoms with Crippen LogP contribution >= 0.6 is 0 Å². The fourth-order valence-electron chi connectivity index (χ4n) is 2.29. The Labute approximate surface area is 111 Å². The van der Waals surface area contributed by atoms with E-state index in [1.165, 1.54) is 0 Å². The van der Waals surface area contributed by atoms with E-state index in [0.29, 0.717) is 17.8 Å². The maximum atomic E-state index is 5.85. The molecule has 0 aliphatic rings. The summed E-state index contributed by atoms with van der Waals surface area (Å²) < 4.78 is 1.92. The van der Waals surface area contributed by atoms with Gasteiger partial charge in [0, 0.05) is 19.9 Å². The number of aromatic nitrogens is 3. The van der Waals surface area contributed by atoms with Crippen LogP contribution in [0.3, 0.4) is 0 Å².